The minimum absolute atomic E-state index is 0.0861. The first-order valence-electron chi connectivity index (χ1n) is 15.6. The van der Waals surface area contributed by atoms with Crippen LogP contribution in [0, 0.1) is 23.7 Å². The molecule has 1 spiro atoms. The summed E-state index contributed by atoms with van der Waals surface area (Å²) in [5.74, 6) is 5.35. The second-order valence-corrected chi connectivity index (χ2v) is 16.6. The molecule has 2 aromatic rings. The fourth-order valence-electron chi connectivity index (χ4n) is 8.06. The first kappa shape index (κ1) is 29.8. The van der Waals surface area contributed by atoms with E-state index in [1.54, 1.807) is 6.07 Å². The summed E-state index contributed by atoms with van der Waals surface area (Å²) >= 11 is 6.41. The van der Waals surface area contributed by atoms with Gasteiger partial charge in [-0.1, -0.05) is 31.5 Å². The van der Waals surface area contributed by atoms with Crippen molar-refractivity contribution in [1.82, 2.24) is 4.72 Å². The summed E-state index contributed by atoms with van der Waals surface area (Å²) < 4.78 is 23.1. The Kier molecular flexibility index (Phi) is 8.07. The summed E-state index contributed by atoms with van der Waals surface area (Å²) in [5, 5.41) is 11.9. The number of carbonyl (C=O) groups excluding carboxylic acids is 1. The highest BCUT2D eigenvalue weighted by Crippen LogP contribution is 2.47. The van der Waals surface area contributed by atoms with Crippen molar-refractivity contribution in [2.75, 3.05) is 24.6 Å². The molecule has 2 N–H and O–H groups in total. The fourth-order valence-corrected chi connectivity index (χ4v) is 9.73. The minimum atomic E-state index is -2.90. The number of anilines is 1. The second kappa shape index (κ2) is 11.4. The molecule has 0 aromatic heterocycles. The third kappa shape index (κ3) is 5.57. The number of rotatable bonds is 0. The molecule has 8 atom stereocenters. The van der Waals surface area contributed by atoms with Gasteiger partial charge in [-0.25, -0.2) is 4.21 Å². The number of hydrogen-bond donors (Lipinski definition) is 2. The van der Waals surface area contributed by atoms with Crippen LogP contribution in [0.2, 0.25) is 5.02 Å². The van der Waals surface area contributed by atoms with Gasteiger partial charge in [0.25, 0.3) is 5.91 Å². The lowest BCUT2D eigenvalue weighted by Crippen LogP contribution is -2.49. The molecule has 6 nitrogen and oxygen atoms in total. The van der Waals surface area contributed by atoms with Crippen molar-refractivity contribution in [2.24, 2.45) is 23.7 Å². The van der Waals surface area contributed by atoms with Crippen LogP contribution in [0.25, 0.3) is 0 Å². The maximum Gasteiger partial charge on any atom is 0.262 e. The molecular weight excluding hydrogens is 568 g/mol. The van der Waals surface area contributed by atoms with Gasteiger partial charge in [-0.15, -0.1) is 0 Å². The van der Waals surface area contributed by atoms with Crippen LogP contribution in [-0.4, -0.2) is 52.1 Å². The smallest absolute Gasteiger partial charge is 0.262 e. The van der Waals surface area contributed by atoms with E-state index in [4.69, 9.17) is 16.3 Å². The summed E-state index contributed by atoms with van der Waals surface area (Å²) in [7, 11) is -2.90. The first-order valence-corrected chi connectivity index (χ1v) is 17.8. The van der Waals surface area contributed by atoms with Gasteiger partial charge in [-0.3, -0.25) is 9.52 Å². The van der Waals surface area contributed by atoms with Crippen molar-refractivity contribution in [3.8, 4) is 5.75 Å². The molecule has 228 valence electrons. The van der Waals surface area contributed by atoms with E-state index in [2.05, 4.69) is 41.5 Å². The number of aliphatic hydroxyl groups excluding tert-OH is 1. The van der Waals surface area contributed by atoms with Gasteiger partial charge in [-0.2, -0.15) is 0 Å². The van der Waals surface area contributed by atoms with Crippen LogP contribution in [0.4, 0.5) is 5.69 Å². The van der Waals surface area contributed by atoms with E-state index < -0.39 is 9.71 Å². The molecule has 2 aromatic carbocycles. The lowest BCUT2D eigenvalue weighted by Gasteiger charge is -2.46. The molecule has 1 fully saturated rings. The third-order valence-electron chi connectivity index (χ3n) is 10.8. The molecule has 1 saturated carbocycles. The second-order valence-electron chi connectivity index (χ2n) is 13.8. The van der Waals surface area contributed by atoms with Gasteiger partial charge in [0.2, 0.25) is 0 Å². The van der Waals surface area contributed by atoms with Crippen LogP contribution < -0.4 is 14.4 Å². The maximum absolute atomic E-state index is 13.7. The Morgan fingerprint density at radius 3 is 2.71 bits per heavy atom. The van der Waals surface area contributed by atoms with E-state index in [9.17, 15) is 14.1 Å². The molecule has 0 saturated heterocycles. The highest BCUT2D eigenvalue weighted by molar-refractivity contribution is 7.99. The largest absolute Gasteiger partial charge is 0.490 e. The van der Waals surface area contributed by atoms with Crippen LogP contribution in [0.1, 0.15) is 80.8 Å². The van der Waals surface area contributed by atoms with Crippen LogP contribution >= 0.6 is 11.6 Å². The van der Waals surface area contributed by atoms with Crippen LogP contribution in [0.3, 0.4) is 0 Å². The summed E-state index contributed by atoms with van der Waals surface area (Å²) in [6.07, 6.45) is 6.38. The quantitative estimate of drug-likeness (QED) is 0.356. The predicted molar refractivity (Wildman–Crippen MR) is 172 cm³/mol. The standard InChI is InChI=1S/C34H45ClN2O4S/c1-21-14-22(2)23(3)42(4,40)36-33(39)25-8-12-32-30(17-25)37(18-26-7-10-28(26)31(38)15-21)19-34(20-41-32)13-5-6-24-16-27(35)9-11-29(24)34/h8-9,11-12,16-17,21-23,26,28,31,38H,4-7,10,13-15,18-20H2,1-3H3,(H,36,39,40)/t21-,22+,23-,26+,28-,31+,34+,42?/m1/s1. The van der Waals surface area contributed by atoms with E-state index in [-0.39, 0.29) is 40.4 Å². The lowest BCUT2D eigenvalue weighted by atomic mass is 9.67. The first-order chi connectivity index (χ1) is 20.0. The molecule has 8 heteroatoms. The van der Waals surface area contributed by atoms with Crippen molar-refractivity contribution in [3.05, 3.63) is 58.1 Å². The summed E-state index contributed by atoms with van der Waals surface area (Å²) in [5.41, 5.74) is 3.72. The van der Waals surface area contributed by atoms with E-state index in [0.29, 0.717) is 18.1 Å². The Bertz CT molecular complexity index is 1460. The molecule has 2 bridgehead atoms. The summed E-state index contributed by atoms with van der Waals surface area (Å²) in [6, 6.07) is 11.8. The van der Waals surface area contributed by atoms with Gasteiger partial charge in [-0.05, 0) is 123 Å². The number of nitrogens with one attached hydrogen (secondary N) is 1. The van der Waals surface area contributed by atoms with E-state index in [0.717, 1.165) is 74.5 Å². The Hall–Kier alpha value is -2.22. The summed E-state index contributed by atoms with van der Waals surface area (Å²) in [4.78, 5) is 15.9. The Labute approximate surface area is 256 Å². The predicted octanol–water partition coefficient (Wildman–Crippen LogP) is 6.02. The van der Waals surface area contributed by atoms with Crippen LogP contribution in [-0.2, 0) is 21.5 Å². The number of aryl methyl sites for hydroxylation is 1. The van der Waals surface area contributed by atoms with Crippen molar-refractivity contribution >= 4 is 38.8 Å². The summed E-state index contributed by atoms with van der Waals surface area (Å²) in [6.45, 7) is 8.26. The van der Waals surface area contributed by atoms with Gasteiger partial charge < -0.3 is 14.7 Å². The molecule has 1 unspecified atom stereocenters. The number of carbonyl (C=O) groups is 1. The number of nitrogens with zero attached hydrogens (tertiary/aromatic N) is 1. The van der Waals surface area contributed by atoms with Crippen molar-refractivity contribution in [3.63, 3.8) is 0 Å². The SMILES string of the molecule is C=S1(=O)NC(=O)c2ccc3c(c2)N(C[C@@H]2CC[C@H]2[C@@H](O)C[C@H](C)C[C@H](C)[C@H]1C)C[C@@]1(CCCc2cc(Cl)ccc21)CO3. The number of aliphatic hydroxyl groups is 1. The number of amides is 1. The van der Waals surface area contributed by atoms with Gasteiger partial charge in [0.05, 0.1) is 28.1 Å². The molecule has 2 aliphatic carbocycles. The molecule has 2 aliphatic heterocycles. The van der Waals surface area contributed by atoms with Crippen LogP contribution in [0.5, 0.6) is 5.75 Å². The highest BCUT2D eigenvalue weighted by atomic mass is 35.5. The zero-order chi connectivity index (χ0) is 29.8. The zero-order valence-corrected chi connectivity index (χ0v) is 26.7. The monoisotopic (exact) mass is 612 g/mol. The zero-order valence-electron chi connectivity index (χ0n) is 25.1. The molecule has 42 heavy (non-hydrogen) atoms. The van der Waals surface area contributed by atoms with E-state index in [1.807, 2.05) is 25.1 Å². The number of halogens is 1. The highest BCUT2D eigenvalue weighted by Gasteiger charge is 2.44. The average Bonchev–Trinajstić information content (AvgIpc) is 3.06. The maximum atomic E-state index is 13.7. The number of fused-ring (bicyclic) bond motifs is 4. The molecule has 1 amide bonds. The number of ether oxygens (including phenoxy) is 1. The normalized spacial score (nSPS) is 37.0. The minimum Gasteiger partial charge on any atom is -0.490 e. The molecule has 0 radical (unpaired) electrons. The van der Waals surface area contributed by atoms with Gasteiger partial charge >= 0.3 is 0 Å². The van der Waals surface area contributed by atoms with E-state index >= 15 is 0 Å². The molecular formula is C34H45ClN2O4S. The van der Waals surface area contributed by atoms with Crippen LogP contribution in [0.15, 0.2) is 36.4 Å². The average molecular weight is 613 g/mol. The Balaban J connectivity index is 1.42. The topological polar surface area (TPSA) is 78.9 Å². The van der Waals surface area contributed by atoms with Gasteiger partial charge in [0.15, 0.2) is 0 Å². The Morgan fingerprint density at radius 2 is 1.95 bits per heavy atom. The van der Waals surface area contributed by atoms with Crippen molar-refractivity contribution in [1.29, 1.82) is 0 Å². The van der Waals surface area contributed by atoms with Crippen molar-refractivity contribution in [2.45, 2.75) is 82.5 Å². The van der Waals surface area contributed by atoms with Gasteiger partial charge in [0.1, 0.15) is 5.75 Å². The fraction of sp³-hybridized carbons (Fsp3) is 0.588. The number of hydrogen-bond acceptors (Lipinski definition) is 5. The number of benzene rings is 2. The molecule has 2 heterocycles. The lowest BCUT2D eigenvalue weighted by molar-refractivity contribution is 0.000390. The Morgan fingerprint density at radius 1 is 1.14 bits per heavy atom. The van der Waals surface area contributed by atoms with Gasteiger partial charge in [0, 0.05) is 34.3 Å². The molecule has 6 rings (SSSR count). The molecule has 4 aliphatic rings. The van der Waals surface area contributed by atoms with Crippen molar-refractivity contribution < 1.29 is 18.8 Å². The third-order valence-corrected chi connectivity index (χ3v) is 13.2. The van der Waals surface area contributed by atoms with E-state index in [1.165, 1.54) is 11.1 Å².